The summed E-state index contributed by atoms with van der Waals surface area (Å²) in [4.78, 5) is 23.3. The number of nitrogens with zero attached hydrogens (tertiary/aromatic N) is 3. The van der Waals surface area contributed by atoms with Gasteiger partial charge in [0.1, 0.15) is 5.03 Å². The SMILES string of the molecule is CC(c1ccccc1)n1c(=O)[nH]c2ncc([S@](C)=O)nc21. The highest BCUT2D eigenvalue weighted by Gasteiger charge is 2.17. The number of hydrogen-bond donors (Lipinski definition) is 1. The average molecular weight is 302 g/mol. The Bertz CT molecular complexity index is 870. The van der Waals surface area contributed by atoms with E-state index in [-0.39, 0.29) is 11.7 Å². The second-order valence-corrected chi connectivity index (χ2v) is 6.05. The smallest absolute Gasteiger partial charge is 0.289 e. The number of hydrogen-bond acceptors (Lipinski definition) is 4. The Kier molecular flexibility index (Phi) is 3.42. The molecular formula is C14H14N4O2S. The van der Waals surface area contributed by atoms with Gasteiger partial charge in [0, 0.05) is 6.26 Å². The van der Waals surface area contributed by atoms with Crippen LogP contribution in [0.3, 0.4) is 0 Å². The maximum Gasteiger partial charge on any atom is 0.329 e. The summed E-state index contributed by atoms with van der Waals surface area (Å²) in [5.41, 5.74) is 1.53. The van der Waals surface area contributed by atoms with Crippen LogP contribution in [0.1, 0.15) is 18.5 Å². The fraction of sp³-hybridized carbons (Fsp3) is 0.214. The monoisotopic (exact) mass is 302 g/mol. The van der Waals surface area contributed by atoms with E-state index in [1.165, 1.54) is 17.0 Å². The van der Waals surface area contributed by atoms with Gasteiger partial charge in [-0.25, -0.2) is 14.8 Å². The molecule has 6 nitrogen and oxygen atoms in total. The number of aromatic amines is 1. The van der Waals surface area contributed by atoms with Crippen molar-refractivity contribution in [1.29, 1.82) is 0 Å². The first-order valence-corrected chi connectivity index (χ1v) is 7.99. The number of fused-ring (bicyclic) bond motifs is 1. The van der Waals surface area contributed by atoms with Crippen molar-refractivity contribution in [3.63, 3.8) is 0 Å². The molecule has 0 radical (unpaired) electrons. The maximum atomic E-state index is 12.2. The highest BCUT2D eigenvalue weighted by molar-refractivity contribution is 7.84. The highest BCUT2D eigenvalue weighted by atomic mass is 32.2. The lowest BCUT2D eigenvalue weighted by Crippen LogP contribution is -2.21. The fourth-order valence-electron chi connectivity index (χ4n) is 2.26. The van der Waals surface area contributed by atoms with Gasteiger partial charge in [-0.05, 0) is 12.5 Å². The Morgan fingerprint density at radius 1 is 1.29 bits per heavy atom. The molecule has 1 aromatic carbocycles. The molecule has 7 heteroatoms. The summed E-state index contributed by atoms with van der Waals surface area (Å²) in [6.45, 7) is 1.92. The Hall–Kier alpha value is -2.28. The Balaban J connectivity index is 2.22. The zero-order valence-corrected chi connectivity index (χ0v) is 12.4. The first-order valence-electron chi connectivity index (χ1n) is 6.43. The summed E-state index contributed by atoms with van der Waals surface area (Å²) in [5, 5.41) is 0.357. The molecule has 0 fully saturated rings. The van der Waals surface area contributed by atoms with Gasteiger partial charge < -0.3 is 0 Å². The number of H-pyrrole nitrogens is 1. The van der Waals surface area contributed by atoms with E-state index in [9.17, 15) is 9.00 Å². The Labute approximate surface area is 123 Å². The van der Waals surface area contributed by atoms with E-state index in [0.29, 0.717) is 16.3 Å². The third-order valence-electron chi connectivity index (χ3n) is 3.37. The second kappa shape index (κ2) is 5.25. The van der Waals surface area contributed by atoms with E-state index in [1.54, 1.807) is 0 Å². The molecule has 0 aliphatic carbocycles. The van der Waals surface area contributed by atoms with Crippen LogP contribution in [0.2, 0.25) is 0 Å². The maximum absolute atomic E-state index is 12.2. The normalized spacial score (nSPS) is 14.2. The van der Waals surface area contributed by atoms with Crippen molar-refractivity contribution in [3.8, 4) is 0 Å². The molecule has 0 saturated heterocycles. The summed E-state index contributed by atoms with van der Waals surface area (Å²) < 4.78 is 13.1. The summed E-state index contributed by atoms with van der Waals surface area (Å²) in [6, 6.07) is 9.47. The molecule has 0 amide bonds. The summed E-state index contributed by atoms with van der Waals surface area (Å²) >= 11 is 0. The lowest BCUT2D eigenvalue weighted by molar-refractivity contribution is 0.628. The second-order valence-electron chi connectivity index (χ2n) is 4.72. The third kappa shape index (κ3) is 2.40. The molecule has 0 aliphatic rings. The van der Waals surface area contributed by atoms with Crippen molar-refractivity contribution in [1.82, 2.24) is 19.5 Å². The molecule has 108 valence electrons. The standard InChI is InChI=1S/C14H14N4O2S/c1-9(10-6-4-3-5-7-10)18-13-12(17-14(18)19)15-8-11(16-13)21(2)20/h3-9H,1-2H3,(H,15,17,19)/t9?,21-/m0/s1. The predicted molar refractivity (Wildman–Crippen MR) is 80.7 cm³/mol. The van der Waals surface area contributed by atoms with Crippen molar-refractivity contribution >= 4 is 22.1 Å². The quantitative estimate of drug-likeness (QED) is 0.794. The largest absolute Gasteiger partial charge is 0.329 e. The van der Waals surface area contributed by atoms with Crippen molar-refractivity contribution < 1.29 is 4.21 Å². The molecule has 2 atom stereocenters. The van der Waals surface area contributed by atoms with E-state index in [0.717, 1.165) is 5.56 Å². The molecule has 1 N–H and O–H groups in total. The zero-order valence-electron chi connectivity index (χ0n) is 11.6. The fourth-order valence-corrected chi connectivity index (χ4v) is 2.67. The van der Waals surface area contributed by atoms with Crippen molar-refractivity contribution in [2.45, 2.75) is 18.0 Å². The predicted octanol–water partition coefficient (Wildman–Crippen LogP) is 1.47. The topological polar surface area (TPSA) is 80.6 Å². The third-order valence-corrected chi connectivity index (χ3v) is 4.15. The molecule has 2 aromatic heterocycles. The minimum Gasteiger partial charge on any atom is -0.289 e. The molecule has 21 heavy (non-hydrogen) atoms. The van der Waals surface area contributed by atoms with Gasteiger partial charge in [0.05, 0.1) is 23.0 Å². The van der Waals surface area contributed by atoms with Gasteiger partial charge in [0.2, 0.25) is 0 Å². The van der Waals surface area contributed by atoms with E-state index in [1.807, 2.05) is 37.3 Å². The molecule has 3 rings (SSSR count). The highest BCUT2D eigenvalue weighted by Crippen LogP contribution is 2.19. The van der Waals surface area contributed by atoms with Crippen LogP contribution in [-0.2, 0) is 10.8 Å². The molecule has 3 aromatic rings. The van der Waals surface area contributed by atoms with Crippen LogP contribution in [-0.4, -0.2) is 30.0 Å². The summed E-state index contributed by atoms with van der Waals surface area (Å²) in [6.07, 6.45) is 2.96. The van der Waals surface area contributed by atoms with Crippen molar-refractivity contribution in [2.24, 2.45) is 0 Å². The van der Waals surface area contributed by atoms with E-state index >= 15 is 0 Å². The number of nitrogens with one attached hydrogen (secondary N) is 1. The number of imidazole rings is 1. The Morgan fingerprint density at radius 3 is 2.67 bits per heavy atom. The lowest BCUT2D eigenvalue weighted by Gasteiger charge is -2.13. The zero-order chi connectivity index (χ0) is 15.0. The molecule has 2 heterocycles. The molecule has 1 unspecified atom stereocenters. The summed E-state index contributed by atoms with van der Waals surface area (Å²) in [5.74, 6) is 0. The molecule has 0 spiro atoms. The van der Waals surface area contributed by atoms with Crippen LogP contribution in [0.25, 0.3) is 11.3 Å². The van der Waals surface area contributed by atoms with Gasteiger partial charge in [0.25, 0.3) is 0 Å². The van der Waals surface area contributed by atoms with Crippen molar-refractivity contribution in [3.05, 3.63) is 52.6 Å². The lowest BCUT2D eigenvalue weighted by atomic mass is 10.1. The number of aromatic nitrogens is 4. The van der Waals surface area contributed by atoms with Gasteiger partial charge in [0.15, 0.2) is 11.3 Å². The van der Waals surface area contributed by atoms with Crippen molar-refractivity contribution in [2.75, 3.05) is 6.26 Å². The minimum absolute atomic E-state index is 0.192. The average Bonchev–Trinajstić information content (AvgIpc) is 2.82. The van der Waals surface area contributed by atoms with Gasteiger partial charge >= 0.3 is 5.69 Å². The number of rotatable bonds is 3. The molecular weight excluding hydrogens is 288 g/mol. The minimum atomic E-state index is -1.24. The Morgan fingerprint density at radius 2 is 2.00 bits per heavy atom. The van der Waals surface area contributed by atoms with Crippen LogP contribution in [0.15, 0.2) is 46.3 Å². The van der Waals surface area contributed by atoms with Gasteiger partial charge in [-0.15, -0.1) is 0 Å². The van der Waals surface area contributed by atoms with Crippen LogP contribution in [0.5, 0.6) is 0 Å². The molecule has 0 saturated carbocycles. The molecule has 0 bridgehead atoms. The summed E-state index contributed by atoms with van der Waals surface area (Å²) in [7, 11) is -1.24. The van der Waals surface area contributed by atoms with Crippen LogP contribution >= 0.6 is 0 Å². The van der Waals surface area contributed by atoms with Crippen LogP contribution in [0, 0.1) is 0 Å². The molecule has 0 aliphatic heterocycles. The van der Waals surface area contributed by atoms with Crippen LogP contribution in [0.4, 0.5) is 0 Å². The van der Waals surface area contributed by atoms with Crippen LogP contribution < -0.4 is 5.69 Å². The first-order chi connectivity index (χ1) is 10.1. The van der Waals surface area contributed by atoms with E-state index in [4.69, 9.17) is 0 Å². The number of benzene rings is 1. The van der Waals surface area contributed by atoms with E-state index in [2.05, 4.69) is 15.0 Å². The van der Waals surface area contributed by atoms with Gasteiger partial charge in [-0.1, -0.05) is 30.3 Å². The van der Waals surface area contributed by atoms with Gasteiger partial charge in [-0.2, -0.15) is 0 Å². The van der Waals surface area contributed by atoms with Gasteiger partial charge in [-0.3, -0.25) is 13.8 Å². The first kappa shape index (κ1) is 13.7. The van der Waals surface area contributed by atoms with E-state index < -0.39 is 10.8 Å².